The number of hydrogen-bond acceptors (Lipinski definition) is 4. The zero-order valence-corrected chi connectivity index (χ0v) is 9.83. The highest BCUT2D eigenvalue weighted by Gasteiger charge is 2.65. The van der Waals surface area contributed by atoms with Gasteiger partial charge in [-0.3, -0.25) is 9.05 Å². The van der Waals surface area contributed by atoms with Crippen LogP contribution in [0.15, 0.2) is 0 Å². The van der Waals surface area contributed by atoms with Crippen LogP contribution in [0.5, 0.6) is 0 Å². The number of rotatable bonds is 6. The molecule has 0 radical (unpaired) electrons. The molecule has 0 saturated heterocycles. The van der Waals surface area contributed by atoms with Gasteiger partial charge in [-0.2, -0.15) is 30.7 Å². The van der Waals surface area contributed by atoms with Crippen molar-refractivity contribution in [1.29, 1.82) is 0 Å². The molecule has 0 rings (SSSR count). The number of alkyl halides is 7. The quantitative estimate of drug-likeness (QED) is 0.556. The molecule has 4 nitrogen and oxygen atoms in total. The maximum Gasteiger partial charge on any atom is 0.479 e. The summed E-state index contributed by atoms with van der Waals surface area (Å²) in [7, 11) is -4.00. The predicted molar refractivity (Wildman–Crippen MR) is 43.3 cm³/mol. The van der Waals surface area contributed by atoms with Crippen LogP contribution in [0.1, 0.15) is 6.42 Å². The van der Waals surface area contributed by atoms with Crippen LogP contribution in [0.2, 0.25) is 0 Å². The van der Waals surface area contributed by atoms with Gasteiger partial charge in [-0.1, -0.05) is 0 Å². The van der Waals surface area contributed by atoms with Crippen molar-refractivity contribution in [2.45, 2.75) is 24.6 Å². The largest absolute Gasteiger partial charge is 0.479 e. The molecule has 0 aromatic rings. The summed E-state index contributed by atoms with van der Waals surface area (Å²) in [6.45, 7) is 0. The van der Waals surface area contributed by atoms with Gasteiger partial charge in [-0.15, -0.1) is 0 Å². The average molecular weight is 308 g/mol. The van der Waals surface area contributed by atoms with Crippen LogP contribution in [0.4, 0.5) is 30.7 Å². The first kappa shape index (κ1) is 17.6. The minimum atomic E-state index is -5.68. The van der Waals surface area contributed by atoms with Gasteiger partial charge in [-0.05, 0) is 0 Å². The molecule has 0 aromatic heterocycles. The molecule has 0 heterocycles. The zero-order valence-electron chi connectivity index (χ0n) is 8.93. The fourth-order valence-corrected chi connectivity index (χ4v) is 1.42. The fourth-order valence-electron chi connectivity index (χ4n) is 0.711. The van der Waals surface area contributed by atoms with E-state index in [1.54, 1.807) is 0 Å². The first-order valence-corrected chi connectivity index (χ1v) is 5.49. The lowest BCUT2D eigenvalue weighted by Crippen LogP contribution is -2.45. The number of halogens is 7. The summed E-state index contributed by atoms with van der Waals surface area (Å²) in [6, 6.07) is 0. The molecule has 0 N–H and O–H groups in total. The first-order valence-electron chi connectivity index (χ1n) is 4.03. The highest BCUT2D eigenvalue weighted by Crippen LogP contribution is 2.56. The summed E-state index contributed by atoms with van der Waals surface area (Å²) in [5.41, 5.74) is 0. The zero-order chi connectivity index (χ0) is 14.8. The Kier molecular flexibility index (Phi) is 5.20. The van der Waals surface area contributed by atoms with E-state index in [2.05, 4.69) is 13.6 Å². The monoisotopic (exact) mass is 308 g/mol. The lowest BCUT2D eigenvalue weighted by molar-refractivity contribution is -0.339. The van der Waals surface area contributed by atoms with Crippen molar-refractivity contribution in [3.05, 3.63) is 0 Å². The van der Waals surface area contributed by atoms with Crippen molar-refractivity contribution in [2.75, 3.05) is 14.2 Å². The van der Waals surface area contributed by atoms with E-state index in [1.807, 2.05) is 0 Å². The van der Waals surface area contributed by atoms with Gasteiger partial charge >= 0.3 is 26.0 Å². The Bertz CT molecular complexity index is 320. The Balaban J connectivity index is 5.07. The normalized spacial score (nSPS) is 14.9. The van der Waals surface area contributed by atoms with E-state index in [0.717, 1.165) is 0 Å². The van der Waals surface area contributed by atoms with Gasteiger partial charge in [0.15, 0.2) is 0 Å². The predicted octanol–water partition coefficient (Wildman–Crippen LogP) is 3.58. The van der Waals surface area contributed by atoms with E-state index in [-0.39, 0.29) is 0 Å². The standard InChI is InChI=1S/C6H8F7O4P/c1-15-18(14,16-2)17-6(12,13)4(7,8)3-5(9,10)11/h3H2,1-2H3. The molecule has 110 valence electrons. The molecule has 0 atom stereocenters. The molecule has 0 bridgehead atoms. The summed E-state index contributed by atoms with van der Waals surface area (Å²) >= 11 is 0. The van der Waals surface area contributed by atoms with Crippen molar-refractivity contribution in [1.82, 2.24) is 0 Å². The Morgan fingerprint density at radius 2 is 1.33 bits per heavy atom. The van der Waals surface area contributed by atoms with E-state index in [0.29, 0.717) is 14.2 Å². The molecular weight excluding hydrogens is 300 g/mol. The smallest absolute Gasteiger partial charge is 0.290 e. The molecule has 0 spiro atoms. The van der Waals surface area contributed by atoms with Gasteiger partial charge in [0.2, 0.25) is 0 Å². The fraction of sp³-hybridized carbons (Fsp3) is 1.00. The van der Waals surface area contributed by atoms with Crippen LogP contribution in [0, 0.1) is 0 Å². The van der Waals surface area contributed by atoms with Gasteiger partial charge in [0, 0.05) is 14.2 Å². The Morgan fingerprint density at radius 3 is 1.61 bits per heavy atom. The second kappa shape index (κ2) is 5.32. The average Bonchev–Trinajstić information content (AvgIpc) is 2.13. The van der Waals surface area contributed by atoms with Gasteiger partial charge in [0.1, 0.15) is 6.42 Å². The number of phosphoric ester groups is 1. The van der Waals surface area contributed by atoms with E-state index >= 15 is 0 Å². The summed E-state index contributed by atoms with van der Waals surface area (Å²) in [6.07, 6.45) is -14.4. The van der Waals surface area contributed by atoms with Gasteiger partial charge in [0.25, 0.3) is 0 Å². The Hall–Kier alpha value is -0.380. The van der Waals surface area contributed by atoms with Crippen molar-refractivity contribution in [3.63, 3.8) is 0 Å². The van der Waals surface area contributed by atoms with Crippen molar-refractivity contribution in [3.8, 4) is 0 Å². The number of hydrogen-bond donors (Lipinski definition) is 0. The number of phosphoric acid groups is 1. The second-order valence-corrected chi connectivity index (χ2v) is 4.72. The van der Waals surface area contributed by atoms with Crippen molar-refractivity contribution >= 4 is 7.82 Å². The maximum absolute atomic E-state index is 12.8. The minimum Gasteiger partial charge on any atom is -0.290 e. The Morgan fingerprint density at radius 1 is 0.944 bits per heavy atom. The molecule has 0 saturated carbocycles. The third-order valence-corrected chi connectivity index (χ3v) is 2.87. The molecule has 18 heavy (non-hydrogen) atoms. The van der Waals surface area contributed by atoms with E-state index < -0.39 is 32.5 Å². The molecule has 0 fully saturated rings. The summed E-state index contributed by atoms with van der Waals surface area (Å²) < 4.78 is 108. The molecule has 12 heteroatoms. The van der Waals surface area contributed by atoms with Gasteiger partial charge in [0.05, 0.1) is 0 Å². The maximum atomic E-state index is 12.8. The third kappa shape index (κ3) is 4.71. The van der Waals surface area contributed by atoms with Crippen LogP contribution in [0.3, 0.4) is 0 Å². The van der Waals surface area contributed by atoms with Crippen LogP contribution < -0.4 is 0 Å². The lowest BCUT2D eigenvalue weighted by atomic mass is 10.2. The molecule has 0 unspecified atom stereocenters. The topological polar surface area (TPSA) is 44.8 Å². The van der Waals surface area contributed by atoms with Crippen molar-refractivity contribution in [2.24, 2.45) is 0 Å². The highest BCUT2D eigenvalue weighted by atomic mass is 31.2. The van der Waals surface area contributed by atoms with Crippen LogP contribution in [-0.2, 0) is 18.1 Å². The lowest BCUT2D eigenvalue weighted by Gasteiger charge is -2.28. The third-order valence-electron chi connectivity index (χ3n) is 1.52. The van der Waals surface area contributed by atoms with E-state index in [9.17, 15) is 35.3 Å². The second-order valence-electron chi connectivity index (χ2n) is 2.92. The van der Waals surface area contributed by atoms with Crippen LogP contribution in [-0.4, -0.2) is 32.4 Å². The highest BCUT2D eigenvalue weighted by molar-refractivity contribution is 7.48. The summed E-state index contributed by atoms with van der Waals surface area (Å²) in [4.78, 5) is 0. The molecule has 0 aromatic carbocycles. The molecule has 0 aliphatic carbocycles. The van der Waals surface area contributed by atoms with Gasteiger partial charge < -0.3 is 0 Å². The van der Waals surface area contributed by atoms with Crippen LogP contribution >= 0.6 is 7.82 Å². The first-order chi connectivity index (χ1) is 7.79. The van der Waals surface area contributed by atoms with Crippen LogP contribution in [0.25, 0.3) is 0 Å². The van der Waals surface area contributed by atoms with E-state index in [1.165, 1.54) is 0 Å². The van der Waals surface area contributed by atoms with Crippen molar-refractivity contribution < 1.29 is 48.9 Å². The molecule has 0 aliphatic rings. The minimum absolute atomic E-state index is 0.530. The van der Waals surface area contributed by atoms with Gasteiger partial charge in [-0.25, -0.2) is 9.09 Å². The molecule has 0 aliphatic heterocycles. The Labute approximate surface area is 96.6 Å². The van der Waals surface area contributed by atoms with E-state index in [4.69, 9.17) is 0 Å². The molecule has 0 amide bonds. The summed E-state index contributed by atoms with van der Waals surface area (Å²) in [5, 5.41) is 0. The summed E-state index contributed by atoms with van der Waals surface area (Å²) in [5.74, 6) is -5.63. The molecular formula is C6H8F7O4P. The SMILES string of the molecule is COP(=O)(OC)OC(F)(F)C(F)(F)CC(F)(F)F.